The van der Waals surface area contributed by atoms with Crippen LogP contribution in [0, 0.1) is 78.0 Å². The summed E-state index contributed by atoms with van der Waals surface area (Å²) in [6, 6.07) is 54.5. The smallest absolute Gasteiger partial charge is 0.319 e. The first kappa shape index (κ1) is 85.1. The lowest BCUT2D eigenvalue weighted by atomic mass is 9.96. The highest BCUT2D eigenvalue weighted by Crippen LogP contribution is 2.44. The molecule has 0 radical (unpaired) electrons. The van der Waals surface area contributed by atoms with Crippen LogP contribution in [-0.4, -0.2) is 59.0 Å². The van der Waals surface area contributed by atoms with E-state index in [9.17, 15) is 28.0 Å². The minimum Gasteiger partial charge on any atom is -0.487 e. The molecule has 0 spiro atoms. The van der Waals surface area contributed by atoms with Gasteiger partial charge in [-0.3, -0.25) is 0 Å². The van der Waals surface area contributed by atoms with Crippen LogP contribution in [0.5, 0.6) is 5.75 Å². The fourth-order valence-corrected chi connectivity index (χ4v) is 18.4. The number of hydrogen-bond donors (Lipinski definition) is 8. The number of nitrogens with one attached hydrogen (secondary N) is 8. The second kappa shape index (κ2) is 38.0. The van der Waals surface area contributed by atoms with E-state index in [-0.39, 0.29) is 29.2 Å². The number of thiazole rings is 4. The number of carbonyl (C=O) groups is 4. The van der Waals surface area contributed by atoms with Crippen molar-refractivity contribution in [1.82, 2.24) is 77.4 Å². The molecule has 24 nitrogen and oxygen atoms in total. The average Bonchev–Trinajstić information content (AvgIpc) is 1.76. The van der Waals surface area contributed by atoms with Crippen LogP contribution in [0.25, 0.3) is 67.3 Å². The number of nitrogens with zero attached hydrogens (tertiary/aromatic N) is 11. The number of amides is 8. The molecule has 0 saturated heterocycles. The molecule has 32 heteroatoms. The Morgan fingerprint density at radius 2 is 0.797 bits per heavy atom. The highest BCUT2D eigenvalue weighted by atomic mass is 79.9. The second-order valence-electron chi connectivity index (χ2n) is 28.2. The number of halogens is 4. The van der Waals surface area contributed by atoms with Crippen molar-refractivity contribution < 1.29 is 32.7 Å². The van der Waals surface area contributed by atoms with Gasteiger partial charge < -0.3 is 47.3 Å². The van der Waals surface area contributed by atoms with Crippen LogP contribution < -0.4 is 47.3 Å². The van der Waals surface area contributed by atoms with Gasteiger partial charge in [-0.1, -0.05) is 96.5 Å². The van der Waals surface area contributed by atoms with E-state index >= 15 is 0 Å². The Kier molecular flexibility index (Phi) is 26.3. The molecule has 0 bridgehead atoms. The minimum absolute atomic E-state index is 0.251. The van der Waals surface area contributed by atoms with E-state index in [0.29, 0.717) is 72.2 Å². The highest BCUT2D eigenvalue weighted by molar-refractivity contribution is 9.10. The Hall–Kier alpha value is -14.3. The highest BCUT2D eigenvalue weighted by Gasteiger charge is 2.36. The SMILES string of the molecule is CC1=C(c2nc(-c3ccc(C#N)cc3)cs2)C(c2ccc(OCc3ccccc3)c(Cl)c2)NC(=O)N1.CC1=C(c2nc(-c3ccc(C#N)cc3C)cs2)C(c2ccc(Br)nc2)NC(=O)N1.CC1=C(c2nc(-c3ccc(C#N)cc3C)cs2)C(c2cccnc2F)NC(=O)N1.CC1=C(c2nc(-c3ccc(C#N)cc3C)cs2)C(c2cccnc2F)NC(=O)N1. The number of hydrogen-bond acceptors (Lipinski definition) is 20. The number of ether oxygens (including phenoxy) is 1. The van der Waals surface area contributed by atoms with Gasteiger partial charge in [0.25, 0.3) is 0 Å². The van der Waals surface area contributed by atoms with E-state index in [2.05, 4.69) is 97.7 Å². The monoisotopic (exact) mass is 1790 g/mol. The molecule has 610 valence electrons. The topological polar surface area (TPSA) is 359 Å². The molecule has 8 amide bonds. The number of carbonyl (C=O) groups excluding carboxylic acids is 4. The zero-order valence-corrected chi connectivity index (χ0v) is 71.9. The fraction of sp³-hybridized carbons (Fsp3) is 0.132. The number of aromatic nitrogens is 7. The maximum atomic E-state index is 14.4. The predicted octanol–water partition coefficient (Wildman–Crippen LogP) is 20.3. The third kappa shape index (κ3) is 19.5. The number of allylic oxidation sites excluding steroid dienone is 4. The van der Waals surface area contributed by atoms with Gasteiger partial charge in [0.2, 0.25) is 11.9 Å². The first-order valence-corrected chi connectivity index (χ1v) is 42.4. The largest absolute Gasteiger partial charge is 0.487 e. The fourth-order valence-electron chi connectivity index (χ4n) is 14.1. The third-order valence-electron chi connectivity index (χ3n) is 20.0. The van der Waals surface area contributed by atoms with Crippen molar-refractivity contribution in [1.29, 1.82) is 21.0 Å². The van der Waals surface area contributed by atoms with Crippen molar-refractivity contribution in [3.63, 3.8) is 0 Å². The van der Waals surface area contributed by atoms with Crippen molar-refractivity contribution in [3.8, 4) is 75.1 Å². The lowest BCUT2D eigenvalue weighted by molar-refractivity contribution is 0.239. The van der Waals surface area contributed by atoms with Crippen molar-refractivity contribution in [2.24, 2.45) is 0 Å². The van der Waals surface area contributed by atoms with Crippen molar-refractivity contribution in [2.45, 2.75) is 79.2 Å². The van der Waals surface area contributed by atoms with Crippen LogP contribution in [0.4, 0.5) is 28.0 Å². The predicted molar refractivity (Wildman–Crippen MR) is 474 cm³/mol. The van der Waals surface area contributed by atoms with Crippen LogP contribution in [0.2, 0.25) is 5.02 Å². The van der Waals surface area contributed by atoms with E-state index in [1.54, 1.807) is 74.6 Å². The summed E-state index contributed by atoms with van der Waals surface area (Å²) in [4.78, 5) is 79.4. The molecule has 4 aliphatic rings. The Morgan fingerprint density at radius 1 is 0.423 bits per heavy atom. The van der Waals surface area contributed by atoms with Crippen LogP contribution in [0.15, 0.2) is 231 Å². The quantitative estimate of drug-likeness (QED) is 0.0442. The molecule has 4 atom stereocenters. The zero-order chi connectivity index (χ0) is 86.7. The molecule has 4 aliphatic heterocycles. The van der Waals surface area contributed by atoms with E-state index in [4.69, 9.17) is 57.3 Å². The van der Waals surface area contributed by atoms with E-state index in [1.807, 2.05) is 165 Å². The summed E-state index contributed by atoms with van der Waals surface area (Å²) < 4.78 is 35.4. The van der Waals surface area contributed by atoms with E-state index in [1.165, 1.54) is 57.7 Å². The van der Waals surface area contributed by atoms with Gasteiger partial charge in [-0.2, -0.15) is 29.8 Å². The van der Waals surface area contributed by atoms with Crippen LogP contribution in [0.3, 0.4) is 0 Å². The molecule has 4 unspecified atom stereocenters. The van der Waals surface area contributed by atoms with Gasteiger partial charge in [0.1, 0.15) is 37.0 Å². The van der Waals surface area contributed by atoms with E-state index in [0.717, 1.165) is 116 Å². The summed E-state index contributed by atoms with van der Waals surface area (Å²) in [5.74, 6) is -0.696. The summed E-state index contributed by atoms with van der Waals surface area (Å²) >= 11 is 15.8. The number of nitriles is 4. The summed E-state index contributed by atoms with van der Waals surface area (Å²) in [6.07, 6.45) is 4.48. The second-order valence-corrected chi connectivity index (χ2v) is 32.8. The van der Waals surface area contributed by atoms with Crippen molar-refractivity contribution in [2.75, 3.05) is 0 Å². The molecule has 13 aromatic rings. The Bertz CT molecular complexity index is 6450. The van der Waals surface area contributed by atoms with Gasteiger partial charge in [0.15, 0.2) is 0 Å². The first-order valence-electron chi connectivity index (χ1n) is 37.7. The summed E-state index contributed by atoms with van der Waals surface area (Å²) in [5.41, 5.74) is 21.4. The average molecular weight is 1790 g/mol. The van der Waals surface area contributed by atoms with Gasteiger partial charge in [0.05, 0.1) is 98.5 Å². The van der Waals surface area contributed by atoms with Gasteiger partial charge in [-0.25, -0.2) is 54.1 Å². The summed E-state index contributed by atoms with van der Waals surface area (Å²) in [7, 11) is 0. The Morgan fingerprint density at radius 3 is 1.18 bits per heavy atom. The van der Waals surface area contributed by atoms with Gasteiger partial charge in [0, 0.05) is 119 Å². The Labute approximate surface area is 734 Å². The summed E-state index contributed by atoms with van der Waals surface area (Å²) in [6.45, 7) is 13.5. The Balaban J connectivity index is 0.000000134. The molecular formula is C91H69BrClF2N19O5S4. The van der Waals surface area contributed by atoms with Gasteiger partial charge in [-0.05, 0) is 177 Å². The molecule has 123 heavy (non-hydrogen) atoms. The molecule has 11 heterocycles. The summed E-state index contributed by atoms with van der Waals surface area (Å²) in [5, 5.41) is 70.2. The van der Waals surface area contributed by atoms with Crippen molar-refractivity contribution >= 4 is 119 Å². The van der Waals surface area contributed by atoms with Crippen LogP contribution in [0.1, 0.15) is 139 Å². The maximum Gasteiger partial charge on any atom is 0.319 e. The molecular weight excluding hydrogens is 1720 g/mol. The van der Waals surface area contributed by atoms with Crippen molar-refractivity contribution in [3.05, 3.63) is 335 Å². The normalized spacial score (nSPS) is 15.9. The maximum absolute atomic E-state index is 14.4. The molecule has 0 fully saturated rings. The number of aryl methyl sites for hydroxylation is 3. The van der Waals surface area contributed by atoms with Crippen LogP contribution in [-0.2, 0) is 6.61 Å². The molecule has 0 aliphatic carbocycles. The number of benzene rings is 6. The number of pyridine rings is 3. The molecule has 0 saturated carbocycles. The lowest BCUT2D eigenvalue weighted by Gasteiger charge is -2.28. The third-order valence-corrected chi connectivity index (χ3v) is 24.3. The first-order chi connectivity index (χ1) is 59.4. The zero-order valence-electron chi connectivity index (χ0n) is 66.3. The van der Waals surface area contributed by atoms with Crippen LogP contribution >= 0.6 is 72.9 Å². The molecule has 17 rings (SSSR count). The lowest BCUT2D eigenvalue weighted by Crippen LogP contribution is -2.43. The number of urea groups is 4. The standard InChI is InChI=1S/C28H21ClN4O2S.C21H16BrN5OS.2C21H16FN5OS/c1-17-25(27-32-23(16-36-27)20-9-7-18(14-30)8-10-20)26(33-28(34)31-17)21-11-12-24(22(29)13-21)35-15-19-5-3-2-4-6-19;1-11-7-13(8-23)3-5-15(11)16-10-29-20(26-16)18-12(2)25-21(28)27-19(18)14-4-6-17(22)24-9-14;2*1-11-8-13(9-23)5-6-14(11)16-10-29-20(26-16)17-12(2)25-21(28)27-18(17)15-4-3-7-24-19(15)22/h2-13,16,26H,15H2,1H3,(H2,31,33,34);3-7,9-10,19H,1-2H3,(H2,25,27,28);2*3-8,10,18H,1-2H3,(H2,25,27,28). The molecule has 6 aromatic carbocycles. The minimum atomic E-state index is -0.696. The van der Waals surface area contributed by atoms with Gasteiger partial charge >= 0.3 is 24.1 Å². The molecule has 7 aromatic heterocycles. The van der Waals surface area contributed by atoms with Gasteiger partial charge in [-0.15, -0.1) is 45.3 Å². The van der Waals surface area contributed by atoms with E-state index < -0.39 is 42.1 Å². The molecule has 8 N–H and O–H groups in total. The number of rotatable bonds is 15.